The maximum atomic E-state index is 11.6. The van der Waals surface area contributed by atoms with Crippen LogP contribution in [0, 0.1) is 11.8 Å². The van der Waals surface area contributed by atoms with Gasteiger partial charge in [-0.3, -0.25) is 14.9 Å². The summed E-state index contributed by atoms with van der Waals surface area (Å²) in [5.41, 5.74) is 1.88. The molecule has 0 aromatic heterocycles. The van der Waals surface area contributed by atoms with Crippen molar-refractivity contribution in [2.75, 3.05) is 11.9 Å². The van der Waals surface area contributed by atoms with Gasteiger partial charge in [0, 0.05) is 12.2 Å². The fourth-order valence-corrected chi connectivity index (χ4v) is 3.29. The van der Waals surface area contributed by atoms with Gasteiger partial charge in [-0.05, 0) is 42.9 Å². The third kappa shape index (κ3) is 2.55. The zero-order chi connectivity index (χ0) is 14.1. The molecule has 1 heterocycles. The lowest BCUT2D eigenvalue weighted by atomic mass is 9.82. The van der Waals surface area contributed by atoms with Crippen molar-refractivity contribution >= 4 is 17.5 Å². The standard InChI is InChI=1S/C16H20N2O2/c1-10-3-2-4-11(7-10)9-17-12-5-6-13-14(8-12)16(20)18-15(13)19/h5-6,8,10-11,17H,2-4,7,9H2,1H3,(H,18,19,20). The summed E-state index contributed by atoms with van der Waals surface area (Å²) in [6.45, 7) is 3.26. The number of hydrogen-bond donors (Lipinski definition) is 2. The zero-order valence-corrected chi connectivity index (χ0v) is 11.7. The van der Waals surface area contributed by atoms with Gasteiger partial charge < -0.3 is 5.32 Å². The molecule has 0 saturated heterocycles. The number of anilines is 1. The molecule has 106 valence electrons. The number of imide groups is 1. The maximum Gasteiger partial charge on any atom is 0.259 e. The third-order valence-electron chi connectivity index (χ3n) is 4.38. The van der Waals surface area contributed by atoms with Crippen LogP contribution in [0.2, 0.25) is 0 Å². The average molecular weight is 272 g/mol. The second kappa shape index (κ2) is 5.27. The lowest BCUT2D eigenvalue weighted by Crippen LogP contribution is -2.21. The summed E-state index contributed by atoms with van der Waals surface area (Å²) in [4.78, 5) is 23.1. The lowest BCUT2D eigenvalue weighted by molar-refractivity contribution is 0.0879. The minimum absolute atomic E-state index is 0.292. The first kappa shape index (κ1) is 13.2. The summed E-state index contributed by atoms with van der Waals surface area (Å²) in [6.07, 6.45) is 5.21. The van der Waals surface area contributed by atoms with Crippen LogP contribution in [0.15, 0.2) is 18.2 Å². The van der Waals surface area contributed by atoms with Gasteiger partial charge in [0.05, 0.1) is 11.1 Å². The van der Waals surface area contributed by atoms with Crippen molar-refractivity contribution < 1.29 is 9.59 Å². The van der Waals surface area contributed by atoms with Gasteiger partial charge in [0.2, 0.25) is 0 Å². The van der Waals surface area contributed by atoms with E-state index in [1.807, 2.05) is 6.07 Å². The van der Waals surface area contributed by atoms with Crippen LogP contribution in [0.5, 0.6) is 0 Å². The number of carbonyl (C=O) groups excluding carboxylic acids is 2. The number of nitrogens with one attached hydrogen (secondary N) is 2. The van der Waals surface area contributed by atoms with E-state index in [4.69, 9.17) is 0 Å². The van der Waals surface area contributed by atoms with E-state index in [2.05, 4.69) is 17.6 Å². The molecule has 0 bridgehead atoms. The van der Waals surface area contributed by atoms with Crippen LogP contribution >= 0.6 is 0 Å². The summed E-state index contributed by atoms with van der Waals surface area (Å²) in [6, 6.07) is 5.38. The molecule has 1 aromatic carbocycles. The van der Waals surface area contributed by atoms with Crippen LogP contribution in [0.4, 0.5) is 5.69 Å². The van der Waals surface area contributed by atoms with Crippen LogP contribution < -0.4 is 10.6 Å². The predicted molar refractivity (Wildman–Crippen MR) is 77.9 cm³/mol. The monoisotopic (exact) mass is 272 g/mol. The number of fused-ring (bicyclic) bond motifs is 1. The first-order chi connectivity index (χ1) is 9.63. The average Bonchev–Trinajstić information content (AvgIpc) is 2.72. The predicted octanol–water partition coefficient (Wildman–Crippen LogP) is 2.81. The van der Waals surface area contributed by atoms with Gasteiger partial charge in [-0.15, -0.1) is 0 Å². The molecule has 4 nitrogen and oxygen atoms in total. The number of hydrogen-bond acceptors (Lipinski definition) is 3. The van der Waals surface area contributed by atoms with E-state index in [1.54, 1.807) is 12.1 Å². The molecule has 0 radical (unpaired) electrons. The highest BCUT2D eigenvalue weighted by Crippen LogP contribution is 2.29. The molecule has 2 unspecified atom stereocenters. The Morgan fingerprint density at radius 2 is 2.00 bits per heavy atom. The molecule has 4 heteroatoms. The molecule has 2 amide bonds. The van der Waals surface area contributed by atoms with E-state index >= 15 is 0 Å². The molecule has 1 aromatic rings. The van der Waals surface area contributed by atoms with Crippen molar-refractivity contribution in [2.45, 2.75) is 32.6 Å². The Morgan fingerprint density at radius 3 is 2.80 bits per heavy atom. The Morgan fingerprint density at radius 1 is 1.20 bits per heavy atom. The Balaban J connectivity index is 1.65. The van der Waals surface area contributed by atoms with Gasteiger partial charge in [0.15, 0.2) is 0 Å². The Kier molecular flexibility index (Phi) is 3.47. The fraction of sp³-hybridized carbons (Fsp3) is 0.500. The Labute approximate surface area is 118 Å². The van der Waals surface area contributed by atoms with E-state index < -0.39 is 0 Å². The molecule has 1 saturated carbocycles. The van der Waals surface area contributed by atoms with Crippen molar-refractivity contribution in [3.05, 3.63) is 29.3 Å². The van der Waals surface area contributed by atoms with Crippen LogP contribution in [0.25, 0.3) is 0 Å². The molecule has 2 N–H and O–H groups in total. The normalized spacial score (nSPS) is 25.2. The number of carbonyl (C=O) groups is 2. The lowest BCUT2D eigenvalue weighted by Gasteiger charge is -2.27. The van der Waals surface area contributed by atoms with E-state index in [0.29, 0.717) is 17.0 Å². The molecule has 0 spiro atoms. The fourth-order valence-electron chi connectivity index (χ4n) is 3.29. The van der Waals surface area contributed by atoms with Gasteiger partial charge >= 0.3 is 0 Å². The molecule has 1 aliphatic heterocycles. The van der Waals surface area contributed by atoms with E-state index in [-0.39, 0.29) is 11.8 Å². The third-order valence-corrected chi connectivity index (χ3v) is 4.38. The number of rotatable bonds is 3. The molecule has 3 rings (SSSR count). The first-order valence-electron chi connectivity index (χ1n) is 7.37. The summed E-state index contributed by atoms with van der Waals surface area (Å²) in [5, 5.41) is 5.72. The number of benzene rings is 1. The Bertz CT molecular complexity index is 553. The second-order valence-corrected chi connectivity index (χ2v) is 6.06. The summed E-state index contributed by atoms with van der Waals surface area (Å²) >= 11 is 0. The van der Waals surface area contributed by atoms with Gasteiger partial charge in [0.25, 0.3) is 11.8 Å². The zero-order valence-electron chi connectivity index (χ0n) is 11.7. The van der Waals surface area contributed by atoms with Crippen molar-refractivity contribution in [3.8, 4) is 0 Å². The summed E-state index contributed by atoms with van der Waals surface area (Å²) in [5.74, 6) is 0.944. The SMILES string of the molecule is CC1CCCC(CNc2ccc3c(c2)C(=O)NC3=O)C1. The summed E-state index contributed by atoms with van der Waals surface area (Å²) < 4.78 is 0. The summed E-state index contributed by atoms with van der Waals surface area (Å²) in [7, 11) is 0. The first-order valence-corrected chi connectivity index (χ1v) is 7.37. The molecular weight excluding hydrogens is 252 g/mol. The highest BCUT2D eigenvalue weighted by Gasteiger charge is 2.26. The van der Waals surface area contributed by atoms with Crippen LogP contribution in [-0.2, 0) is 0 Å². The van der Waals surface area contributed by atoms with Crippen molar-refractivity contribution in [1.82, 2.24) is 5.32 Å². The minimum Gasteiger partial charge on any atom is -0.385 e. The quantitative estimate of drug-likeness (QED) is 0.832. The van der Waals surface area contributed by atoms with E-state index in [9.17, 15) is 9.59 Å². The van der Waals surface area contributed by atoms with Crippen LogP contribution in [-0.4, -0.2) is 18.4 Å². The molecule has 2 atom stereocenters. The molecule has 1 fully saturated rings. The largest absolute Gasteiger partial charge is 0.385 e. The van der Waals surface area contributed by atoms with Crippen LogP contribution in [0.1, 0.15) is 53.3 Å². The maximum absolute atomic E-state index is 11.6. The van der Waals surface area contributed by atoms with Gasteiger partial charge in [0.1, 0.15) is 0 Å². The molecule has 2 aliphatic rings. The van der Waals surface area contributed by atoms with Gasteiger partial charge in [-0.2, -0.15) is 0 Å². The Hall–Kier alpha value is -1.84. The molecule has 20 heavy (non-hydrogen) atoms. The van der Waals surface area contributed by atoms with E-state index in [0.717, 1.165) is 18.2 Å². The topological polar surface area (TPSA) is 58.2 Å². The van der Waals surface area contributed by atoms with Gasteiger partial charge in [-0.1, -0.05) is 19.8 Å². The van der Waals surface area contributed by atoms with Crippen molar-refractivity contribution in [1.29, 1.82) is 0 Å². The van der Waals surface area contributed by atoms with Crippen molar-refractivity contribution in [3.63, 3.8) is 0 Å². The smallest absolute Gasteiger partial charge is 0.259 e. The minimum atomic E-state index is -0.294. The molecular formula is C16H20N2O2. The highest BCUT2D eigenvalue weighted by atomic mass is 16.2. The second-order valence-electron chi connectivity index (χ2n) is 6.06. The highest BCUT2D eigenvalue weighted by molar-refractivity contribution is 6.21. The molecule has 1 aliphatic carbocycles. The van der Waals surface area contributed by atoms with Gasteiger partial charge in [-0.25, -0.2) is 0 Å². The van der Waals surface area contributed by atoms with Crippen molar-refractivity contribution in [2.24, 2.45) is 11.8 Å². The van der Waals surface area contributed by atoms with Crippen LogP contribution in [0.3, 0.4) is 0 Å². The van der Waals surface area contributed by atoms with E-state index in [1.165, 1.54) is 25.7 Å². The number of amides is 2.